The Hall–Kier alpha value is -2.21. The maximum absolute atomic E-state index is 11.7. The summed E-state index contributed by atoms with van der Waals surface area (Å²) >= 11 is 1.51. The summed E-state index contributed by atoms with van der Waals surface area (Å²) in [7, 11) is 0. The summed E-state index contributed by atoms with van der Waals surface area (Å²) in [5.41, 5.74) is 2.21. The van der Waals surface area contributed by atoms with Gasteiger partial charge in [-0.1, -0.05) is 0 Å². The van der Waals surface area contributed by atoms with Crippen LogP contribution in [0.1, 0.15) is 28.0 Å². The number of ketones is 1. The fourth-order valence-corrected chi connectivity index (χ4v) is 2.31. The SMILES string of the molecule is CC(=O)c1ccc(NC(=O)NCc2nc(C)cs2)cc1. The first-order valence-corrected chi connectivity index (χ1v) is 6.99. The molecule has 0 aliphatic rings. The summed E-state index contributed by atoms with van der Waals surface area (Å²) in [5, 5.41) is 8.23. The highest BCUT2D eigenvalue weighted by Crippen LogP contribution is 2.10. The fourth-order valence-electron chi connectivity index (χ4n) is 1.60. The average Bonchev–Trinajstić information content (AvgIpc) is 2.83. The van der Waals surface area contributed by atoms with E-state index >= 15 is 0 Å². The summed E-state index contributed by atoms with van der Waals surface area (Å²) in [4.78, 5) is 27.1. The van der Waals surface area contributed by atoms with Gasteiger partial charge in [0.25, 0.3) is 0 Å². The van der Waals surface area contributed by atoms with Gasteiger partial charge < -0.3 is 10.6 Å². The molecule has 1 heterocycles. The second-order valence-corrected chi connectivity index (χ2v) is 5.27. The van der Waals surface area contributed by atoms with Crippen molar-refractivity contribution in [2.75, 3.05) is 5.32 Å². The first-order valence-electron chi connectivity index (χ1n) is 6.11. The number of anilines is 1. The Balaban J connectivity index is 1.86. The van der Waals surface area contributed by atoms with Crippen LogP contribution in [0.2, 0.25) is 0 Å². The van der Waals surface area contributed by atoms with E-state index in [9.17, 15) is 9.59 Å². The minimum Gasteiger partial charge on any atom is -0.331 e. The van der Waals surface area contributed by atoms with Gasteiger partial charge in [0, 0.05) is 22.3 Å². The van der Waals surface area contributed by atoms with Gasteiger partial charge in [-0.2, -0.15) is 0 Å². The Bertz CT molecular complexity index is 620. The highest BCUT2D eigenvalue weighted by molar-refractivity contribution is 7.09. The third-order valence-corrected chi connectivity index (χ3v) is 3.58. The summed E-state index contributed by atoms with van der Waals surface area (Å²) in [6.07, 6.45) is 0. The van der Waals surface area contributed by atoms with Gasteiger partial charge in [0.15, 0.2) is 5.78 Å². The lowest BCUT2D eigenvalue weighted by Gasteiger charge is -2.06. The summed E-state index contributed by atoms with van der Waals surface area (Å²) in [6, 6.07) is 6.46. The summed E-state index contributed by atoms with van der Waals surface area (Å²) in [5.74, 6) is 0.000131. The van der Waals surface area contributed by atoms with Crippen LogP contribution in [0.4, 0.5) is 10.5 Å². The molecular weight excluding hydrogens is 274 g/mol. The van der Waals surface area contributed by atoms with Crippen LogP contribution in [0.3, 0.4) is 0 Å². The number of amides is 2. The second-order valence-electron chi connectivity index (χ2n) is 4.32. The van der Waals surface area contributed by atoms with Crippen molar-refractivity contribution in [1.29, 1.82) is 0 Å². The molecular formula is C14H15N3O2S. The molecule has 2 N–H and O–H groups in total. The van der Waals surface area contributed by atoms with Gasteiger partial charge in [0.2, 0.25) is 0 Å². The number of hydrogen-bond donors (Lipinski definition) is 2. The number of carbonyl (C=O) groups is 2. The molecule has 2 aromatic rings. The van der Waals surface area contributed by atoms with Crippen LogP contribution in [0.25, 0.3) is 0 Å². The molecule has 2 rings (SSSR count). The summed E-state index contributed by atoms with van der Waals surface area (Å²) in [6.45, 7) is 3.82. The van der Waals surface area contributed by atoms with Crippen molar-refractivity contribution in [1.82, 2.24) is 10.3 Å². The van der Waals surface area contributed by atoms with Gasteiger partial charge in [-0.25, -0.2) is 9.78 Å². The molecule has 20 heavy (non-hydrogen) atoms. The molecule has 6 heteroatoms. The molecule has 0 unspecified atom stereocenters. The number of hydrogen-bond acceptors (Lipinski definition) is 4. The van der Waals surface area contributed by atoms with Gasteiger partial charge in [-0.05, 0) is 38.1 Å². The summed E-state index contributed by atoms with van der Waals surface area (Å²) < 4.78 is 0. The van der Waals surface area contributed by atoms with E-state index in [1.165, 1.54) is 18.3 Å². The number of urea groups is 1. The number of benzene rings is 1. The number of aromatic nitrogens is 1. The Morgan fingerprint density at radius 3 is 2.50 bits per heavy atom. The molecule has 0 saturated heterocycles. The number of carbonyl (C=O) groups excluding carboxylic acids is 2. The molecule has 1 aromatic carbocycles. The van der Waals surface area contributed by atoms with Crippen LogP contribution in [-0.4, -0.2) is 16.8 Å². The van der Waals surface area contributed by atoms with E-state index in [0.29, 0.717) is 17.8 Å². The van der Waals surface area contributed by atoms with Crippen molar-refractivity contribution >= 4 is 28.8 Å². The van der Waals surface area contributed by atoms with Crippen molar-refractivity contribution in [3.8, 4) is 0 Å². The number of aryl methyl sites for hydroxylation is 1. The number of rotatable bonds is 4. The van der Waals surface area contributed by atoms with E-state index in [1.54, 1.807) is 24.3 Å². The van der Waals surface area contributed by atoms with E-state index < -0.39 is 0 Å². The van der Waals surface area contributed by atoms with Crippen LogP contribution >= 0.6 is 11.3 Å². The molecule has 0 fully saturated rings. The first-order chi connectivity index (χ1) is 9.54. The molecule has 0 spiro atoms. The molecule has 1 aromatic heterocycles. The number of Topliss-reactive ketones (excluding diaryl/α,β-unsaturated/α-hetero) is 1. The zero-order valence-electron chi connectivity index (χ0n) is 11.3. The maximum Gasteiger partial charge on any atom is 0.319 e. The minimum atomic E-state index is -0.298. The molecule has 0 radical (unpaired) electrons. The fraction of sp³-hybridized carbons (Fsp3) is 0.214. The van der Waals surface area contributed by atoms with Gasteiger partial charge in [0.1, 0.15) is 5.01 Å². The molecule has 5 nitrogen and oxygen atoms in total. The van der Waals surface area contributed by atoms with Gasteiger partial charge in [-0.15, -0.1) is 11.3 Å². The molecule has 2 amide bonds. The number of thiazole rings is 1. The molecule has 0 saturated carbocycles. The zero-order chi connectivity index (χ0) is 14.5. The van der Waals surface area contributed by atoms with Gasteiger partial charge in [0.05, 0.1) is 6.54 Å². The van der Waals surface area contributed by atoms with Gasteiger partial charge in [-0.3, -0.25) is 4.79 Å². The third kappa shape index (κ3) is 3.89. The lowest BCUT2D eigenvalue weighted by molar-refractivity contribution is 0.101. The van der Waals surface area contributed by atoms with Crippen molar-refractivity contribution in [2.45, 2.75) is 20.4 Å². The van der Waals surface area contributed by atoms with Crippen LogP contribution in [0.15, 0.2) is 29.6 Å². The monoisotopic (exact) mass is 289 g/mol. The maximum atomic E-state index is 11.7. The Kier molecular flexibility index (Phi) is 4.47. The normalized spacial score (nSPS) is 10.1. The lowest BCUT2D eigenvalue weighted by atomic mass is 10.1. The van der Waals surface area contributed by atoms with Crippen molar-refractivity contribution < 1.29 is 9.59 Å². The second kappa shape index (κ2) is 6.29. The highest BCUT2D eigenvalue weighted by atomic mass is 32.1. The largest absolute Gasteiger partial charge is 0.331 e. The molecule has 0 atom stereocenters. The topological polar surface area (TPSA) is 71.1 Å². The van der Waals surface area contributed by atoms with Crippen molar-refractivity contribution in [3.63, 3.8) is 0 Å². The molecule has 0 bridgehead atoms. The number of nitrogens with one attached hydrogen (secondary N) is 2. The Morgan fingerprint density at radius 2 is 1.95 bits per heavy atom. The predicted molar refractivity (Wildman–Crippen MR) is 79.2 cm³/mol. The minimum absolute atomic E-state index is 0.000131. The third-order valence-electron chi connectivity index (χ3n) is 2.62. The zero-order valence-corrected chi connectivity index (χ0v) is 12.1. The van der Waals surface area contributed by atoms with E-state index in [-0.39, 0.29) is 11.8 Å². The van der Waals surface area contributed by atoms with Crippen LogP contribution in [0.5, 0.6) is 0 Å². The van der Waals surface area contributed by atoms with Crippen molar-refractivity contribution in [2.24, 2.45) is 0 Å². The Labute approximate surface area is 121 Å². The van der Waals surface area contributed by atoms with E-state index in [1.807, 2.05) is 12.3 Å². The van der Waals surface area contributed by atoms with Crippen LogP contribution < -0.4 is 10.6 Å². The average molecular weight is 289 g/mol. The molecule has 0 aliphatic carbocycles. The van der Waals surface area contributed by atoms with E-state index in [0.717, 1.165) is 10.7 Å². The van der Waals surface area contributed by atoms with E-state index in [2.05, 4.69) is 15.6 Å². The predicted octanol–water partition coefficient (Wildman–Crippen LogP) is 2.98. The van der Waals surface area contributed by atoms with Crippen LogP contribution in [-0.2, 0) is 6.54 Å². The lowest BCUT2D eigenvalue weighted by Crippen LogP contribution is -2.28. The van der Waals surface area contributed by atoms with Crippen LogP contribution in [0, 0.1) is 6.92 Å². The quantitative estimate of drug-likeness (QED) is 0.850. The first kappa shape index (κ1) is 14.2. The Morgan fingerprint density at radius 1 is 1.25 bits per heavy atom. The number of nitrogens with zero attached hydrogens (tertiary/aromatic N) is 1. The smallest absolute Gasteiger partial charge is 0.319 e. The van der Waals surface area contributed by atoms with Crippen molar-refractivity contribution in [3.05, 3.63) is 45.9 Å². The molecule has 104 valence electrons. The van der Waals surface area contributed by atoms with Gasteiger partial charge >= 0.3 is 6.03 Å². The molecule has 0 aliphatic heterocycles. The highest BCUT2D eigenvalue weighted by Gasteiger charge is 2.04. The standard InChI is InChI=1S/C14H15N3O2S/c1-9-8-20-13(16-9)7-15-14(19)17-12-5-3-11(4-6-12)10(2)18/h3-6,8H,7H2,1-2H3,(H2,15,17,19). The van der Waals surface area contributed by atoms with E-state index in [4.69, 9.17) is 0 Å².